The fraction of sp³-hybridized carbons (Fsp3) is 0.417. The van der Waals surface area contributed by atoms with Gasteiger partial charge in [0.05, 0.1) is 23.2 Å². The zero-order valence-electron chi connectivity index (χ0n) is 18.4. The van der Waals surface area contributed by atoms with E-state index in [1.807, 2.05) is 36.1 Å². The summed E-state index contributed by atoms with van der Waals surface area (Å²) in [6.07, 6.45) is 2.19. The second-order valence-electron chi connectivity index (χ2n) is 7.57. The monoisotopic (exact) mass is 425 g/mol. The van der Waals surface area contributed by atoms with Crippen LogP contribution in [0.15, 0.2) is 42.5 Å². The van der Waals surface area contributed by atoms with Crippen LogP contribution in [0, 0.1) is 0 Å². The molecule has 0 aliphatic heterocycles. The number of ether oxygens (including phenoxy) is 1. The molecule has 0 atom stereocenters. The van der Waals surface area contributed by atoms with Crippen molar-refractivity contribution in [2.45, 2.75) is 33.1 Å². The fourth-order valence-electron chi connectivity index (χ4n) is 3.41. The highest BCUT2D eigenvalue weighted by molar-refractivity contribution is 7.22. The Bertz CT molecular complexity index is 966. The number of aromatic nitrogens is 1. The van der Waals surface area contributed by atoms with Gasteiger partial charge in [0, 0.05) is 6.54 Å². The number of aryl methyl sites for hydroxylation is 1. The van der Waals surface area contributed by atoms with Crippen molar-refractivity contribution >= 4 is 32.6 Å². The van der Waals surface area contributed by atoms with Crippen molar-refractivity contribution in [1.82, 2.24) is 9.88 Å². The highest BCUT2D eigenvalue weighted by Gasteiger charge is 2.20. The van der Waals surface area contributed by atoms with Crippen LogP contribution in [0.3, 0.4) is 0 Å². The Kier molecular flexibility index (Phi) is 7.82. The molecular weight excluding hydrogens is 394 g/mol. The molecule has 0 aliphatic carbocycles. The summed E-state index contributed by atoms with van der Waals surface area (Å²) in [6.45, 7) is 6.33. The zero-order chi connectivity index (χ0) is 21.5. The summed E-state index contributed by atoms with van der Waals surface area (Å²) in [5, 5.41) is 0.792. The second-order valence-corrected chi connectivity index (χ2v) is 8.58. The van der Waals surface area contributed by atoms with Crippen molar-refractivity contribution in [1.29, 1.82) is 0 Å². The van der Waals surface area contributed by atoms with Gasteiger partial charge in [0.25, 0.3) is 0 Å². The van der Waals surface area contributed by atoms with E-state index in [0.29, 0.717) is 19.6 Å². The third-order valence-corrected chi connectivity index (χ3v) is 6.02. The van der Waals surface area contributed by atoms with Crippen molar-refractivity contribution in [3.63, 3.8) is 0 Å². The van der Waals surface area contributed by atoms with Gasteiger partial charge in [0.2, 0.25) is 5.91 Å². The minimum Gasteiger partial charge on any atom is -0.494 e. The number of amides is 1. The maximum Gasteiger partial charge on any atom is 0.233 e. The predicted octanol–water partition coefficient (Wildman–Crippen LogP) is 4.78. The second kappa shape index (κ2) is 10.5. The molecule has 0 N–H and O–H groups in total. The van der Waals surface area contributed by atoms with E-state index in [1.54, 1.807) is 11.3 Å². The number of rotatable bonds is 10. The summed E-state index contributed by atoms with van der Waals surface area (Å²) in [4.78, 5) is 22.2. The molecule has 5 nitrogen and oxygen atoms in total. The Morgan fingerprint density at radius 3 is 2.50 bits per heavy atom. The Morgan fingerprint density at radius 1 is 1.07 bits per heavy atom. The lowest BCUT2D eigenvalue weighted by atomic mass is 10.1. The van der Waals surface area contributed by atoms with Crippen LogP contribution in [-0.4, -0.2) is 49.6 Å². The van der Waals surface area contributed by atoms with Gasteiger partial charge in [-0.15, -0.1) is 0 Å². The van der Waals surface area contributed by atoms with Gasteiger partial charge < -0.3 is 9.64 Å². The van der Waals surface area contributed by atoms with E-state index >= 15 is 0 Å². The first-order valence-electron chi connectivity index (χ1n) is 10.6. The number of fused-ring (bicyclic) bond motifs is 1. The average Bonchev–Trinajstić information content (AvgIpc) is 3.16. The quantitative estimate of drug-likeness (QED) is 0.469. The molecule has 0 saturated heterocycles. The molecule has 3 rings (SSSR count). The summed E-state index contributed by atoms with van der Waals surface area (Å²) in [5.41, 5.74) is 3.23. The molecule has 0 bridgehead atoms. The molecule has 0 saturated carbocycles. The number of hydrogen-bond donors (Lipinski definition) is 0. The fourth-order valence-corrected chi connectivity index (χ4v) is 4.46. The third-order valence-electron chi connectivity index (χ3n) is 4.98. The van der Waals surface area contributed by atoms with Gasteiger partial charge in [-0.25, -0.2) is 4.98 Å². The van der Waals surface area contributed by atoms with Crippen LogP contribution < -0.4 is 9.64 Å². The van der Waals surface area contributed by atoms with Gasteiger partial charge in [-0.3, -0.25) is 9.69 Å². The molecule has 0 fully saturated rings. The number of carbonyl (C=O) groups is 1. The molecule has 0 aliphatic rings. The molecule has 0 unspecified atom stereocenters. The Balaban J connectivity index is 1.83. The third kappa shape index (κ3) is 5.58. The molecule has 30 heavy (non-hydrogen) atoms. The summed E-state index contributed by atoms with van der Waals surface area (Å²) >= 11 is 1.60. The van der Waals surface area contributed by atoms with Crippen molar-refractivity contribution < 1.29 is 9.53 Å². The van der Waals surface area contributed by atoms with Crippen LogP contribution in [0.25, 0.3) is 10.2 Å². The van der Waals surface area contributed by atoms with E-state index < -0.39 is 0 Å². The first-order valence-corrected chi connectivity index (χ1v) is 11.4. The topological polar surface area (TPSA) is 45.7 Å². The first kappa shape index (κ1) is 22.2. The number of carbonyl (C=O) groups excluding carboxylic acids is 1. The van der Waals surface area contributed by atoms with Crippen molar-refractivity contribution in [3.05, 3.63) is 53.6 Å². The summed E-state index contributed by atoms with van der Waals surface area (Å²) in [7, 11) is 4.11. The summed E-state index contributed by atoms with van der Waals surface area (Å²) in [5.74, 6) is 0.907. The molecule has 0 spiro atoms. The molecule has 1 heterocycles. The summed E-state index contributed by atoms with van der Waals surface area (Å²) < 4.78 is 6.64. The van der Waals surface area contributed by atoms with Crippen LogP contribution in [0.4, 0.5) is 5.13 Å². The minimum absolute atomic E-state index is 0.0787. The van der Waals surface area contributed by atoms with Crippen molar-refractivity contribution in [3.8, 4) is 5.75 Å². The van der Waals surface area contributed by atoms with E-state index in [1.165, 1.54) is 5.56 Å². The first-order chi connectivity index (χ1) is 14.5. The number of hydrogen-bond acceptors (Lipinski definition) is 5. The van der Waals surface area contributed by atoms with Crippen molar-refractivity contribution in [2.75, 3.05) is 38.7 Å². The smallest absolute Gasteiger partial charge is 0.233 e. The number of anilines is 1. The van der Waals surface area contributed by atoms with Crippen LogP contribution >= 0.6 is 11.3 Å². The lowest BCUT2D eigenvalue weighted by Crippen LogP contribution is -2.34. The number of benzene rings is 2. The normalized spacial score (nSPS) is 11.2. The van der Waals surface area contributed by atoms with Crippen molar-refractivity contribution in [2.24, 2.45) is 0 Å². The van der Waals surface area contributed by atoms with Gasteiger partial charge in [0.1, 0.15) is 5.75 Å². The van der Waals surface area contributed by atoms with E-state index in [4.69, 9.17) is 9.72 Å². The van der Waals surface area contributed by atoms with Crippen LogP contribution in [0.2, 0.25) is 0 Å². The number of nitrogens with zero attached hydrogens (tertiary/aromatic N) is 3. The molecule has 0 radical (unpaired) electrons. The lowest BCUT2D eigenvalue weighted by molar-refractivity contribution is -0.118. The zero-order valence-corrected chi connectivity index (χ0v) is 19.2. The largest absolute Gasteiger partial charge is 0.494 e. The molecule has 3 aromatic rings. The van der Waals surface area contributed by atoms with E-state index in [9.17, 15) is 4.79 Å². The van der Waals surface area contributed by atoms with Crippen LogP contribution in [0.5, 0.6) is 5.75 Å². The van der Waals surface area contributed by atoms with Crippen LogP contribution in [-0.2, 0) is 17.6 Å². The molecule has 6 heteroatoms. The molecule has 1 aromatic heterocycles. The Morgan fingerprint density at radius 2 is 1.83 bits per heavy atom. The molecular formula is C24H31N3O2S. The Hall–Kier alpha value is -2.44. The number of thiazole rings is 1. The minimum atomic E-state index is 0.0787. The summed E-state index contributed by atoms with van der Waals surface area (Å²) in [6, 6.07) is 14.1. The van der Waals surface area contributed by atoms with E-state index in [2.05, 4.69) is 44.1 Å². The van der Waals surface area contributed by atoms with Gasteiger partial charge in [-0.2, -0.15) is 0 Å². The van der Waals surface area contributed by atoms with Crippen LogP contribution in [0.1, 0.15) is 31.4 Å². The average molecular weight is 426 g/mol. The maximum absolute atomic E-state index is 13.3. The predicted molar refractivity (Wildman–Crippen MR) is 126 cm³/mol. The van der Waals surface area contributed by atoms with E-state index in [0.717, 1.165) is 46.0 Å². The highest BCUT2D eigenvalue weighted by atomic mass is 32.1. The van der Waals surface area contributed by atoms with E-state index in [-0.39, 0.29) is 5.91 Å². The van der Waals surface area contributed by atoms with Gasteiger partial charge in [-0.1, -0.05) is 42.5 Å². The number of para-hydroxylation sites is 1. The molecule has 2 aromatic carbocycles. The van der Waals surface area contributed by atoms with Gasteiger partial charge in [-0.05, 0) is 69.7 Å². The molecule has 1 amide bonds. The van der Waals surface area contributed by atoms with Gasteiger partial charge in [0.15, 0.2) is 5.13 Å². The molecule has 160 valence electrons. The van der Waals surface area contributed by atoms with Gasteiger partial charge >= 0.3 is 0 Å². The SMILES string of the molecule is CCOc1ccc(CC(=O)N(CCCN(C)C)c2nc3c(CC)cccc3s2)cc1. The highest BCUT2D eigenvalue weighted by Crippen LogP contribution is 2.31. The standard InChI is InChI=1S/C24H31N3O2S/c1-5-19-9-7-10-21-23(19)25-24(30-21)27(16-8-15-26(3)4)22(28)17-18-11-13-20(14-12-18)29-6-2/h7,9-14H,5-6,8,15-17H2,1-4H3. The maximum atomic E-state index is 13.3. The Labute approximate surface area is 183 Å². The lowest BCUT2D eigenvalue weighted by Gasteiger charge is -2.21.